The molecule has 6 aliphatic rings. The van der Waals surface area contributed by atoms with Gasteiger partial charge in [0.1, 0.15) is 6.04 Å². The molecule has 1 aromatic carbocycles. The number of benzene rings is 1. The van der Waals surface area contributed by atoms with Crippen LogP contribution < -0.4 is 5.32 Å². The number of carbonyl (C=O) groups is 2. The van der Waals surface area contributed by atoms with Gasteiger partial charge in [0.2, 0.25) is 11.8 Å². The van der Waals surface area contributed by atoms with Crippen LogP contribution in [0.2, 0.25) is 0 Å². The van der Waals surface area contributed by atoms with Crippen molar-refractivity contribution in [3.63, 3.8) is 0 Å². The Hall–Kier alpha value is -1.88. The van der Waals surface area contributed by atoms with Crippen LogP contribution in [0.4, 0.5) is 0 Å². The molecule has 0 aromatic heterocycles. The van der Waals surface area contributed by atoms with Gasteiger partial charge >= 0.3 is 0 Å². The first-order chi connectivity index (χ1) is 16.0. The lowest BCUT2D eigenvalue weighted by molar-refractivity contribution is -0.160. The van der Waals surface area contributed by atoms with Crippen molar-refractivity contribution in [2.75, 3.05) is 19.6 Å². The third-order valence-electron chi connectivity index (χ3n) is 9.70. The molecule has 4 aliphatic carbocycles. The largest absolute Gasteiger partial charge is 0.350 e. The molecule has 2 saturated heterocycles. The van der Waals surface area contributed by atoms with E-state index in [-0.39, 0.29) is 23.4 Å². The van der Waals surface area contributed by atoms with Gasteiger partial charge in [-0.1, -0.05) is 30.3 Å². The van der Waals surface area contributed by atoms with E-state index in [2.05, 4.69) is 47.5 Å². The minimum absolute atomic E-state index is 0.0878. The van der Waals surface area contributed by atoms with E-state index in [1.54, 1.807) is 0 Å². The molecule has 1 N–H and O–H groups in total. The summed E-state index contributed by atoms with van der Waals surface area (Å²) in [5.74, 6) is 2.68. The maximum absolute atomic E-state index is 13.9. The fourth-order valence-electron chi connectivity index (χ4n) is 8.46. The van der Waals surface area contributed by atoms with Gasteiger partial charge in [-0.2, -0.15) is 0 Å². The van der Waals surface area contributed by atoms with Crippen molar-refractivity contribution < 1.29 is 9.59 Å². The van der Waals surface area contributed by atoms with Crippen LogP contribution in [0.1, 0.15) is 76.3 Å². The van der Waals surface area contributed by atoms with Crippen LogP contribution in [0.5, 0.6) is 0 Å². The summed E-state index contributed by atoms with van der Waals surface area (Å²) < 4.78 is 0. The first-order valence-corrected chi connectivity index (χ1v) is 13.4. The van der Waals surface area contributed by atoms with E-state index < -0.39 is 0 Å². The minimum Gasteiger partial charge on any atom is -0.350 e. The second-order valence-electron chi connectivity index (χ2n) is 11.9. The molecule has 4 bridgehead atoms. The van der Waals surface area contributed by atoms with Crippen molar-refractivity contribution >= 4 is 11.8 Å². The molecule has 33 heavy (non-hydrogen) atoms. The van der Waals surface area contributed by atoms with Crippen LogP contribution in [0.3, 0.4) is 0 Å². The number of amides is 2. The second-order valence-corrected chi connectivity index (χ2v) is 11.9. The molecule has 178 valence electrons. The number of hydrogen-bond acceptors (Lipinski definition) is 3. The second kappa shape index (κ2) is 8.41. The van der Waals surface area contributed by atoms with E-state index in [1.165, 1.54) is 24.8 Å². The minimum atomic E-state index is -0.258. The summed E-state index contributed by atoms with van der Waals surface area (Å²) >= 11 is 0. The average Bonchev–Trinajstić information content (AvgIpc) is 3.48. The Bertz CT molecular complexity index is 864. The molecule has 2 aliphatic heterocycles. The van der Waals surface area contributed by atoms with Crippen LogP contribution in [-0.2, 0) is 9.59 Å². The normalized spacial score (nSPS) is 38.6. The van der Waals surface area contributed by atoms with Crippen molar-refractivity contribution in [2.45, 2.75) is 82.8 Å². The summed E-state index contributed by atoms with van der Waals surface area (Å²) in [6, 6.07) is 10.9. The zero-order valence-electron chi connectivity index (χ0n) is 20.0. The highest BCUT2D eigenvalue weighted by Crippen LogP contribution is 2.60. The van der Waals surface area contributed by atoms with Crippen molar-refractivity contribution in [2.24, 2.45) is 23.2 Å². The number of hydrogen-bond donors (Lipinski definition) is 1. The third kappa shape index (κ3) is 3.90. The lowest BCUT2D eigenvalue weighted by atomic mass is 9.49. The van der Waals surface area contributed by atoms with Crippen LogP contribution in [-0.4, -0.2) is 53.3 Å². The van der Waals surface area contributed by atoms with Crippen LogP contribution in [0, 0.1) is 23.2 Å². The number of nitrogens with zero attached hydrogens (tertiary/aromatic N) is 2. The Morgan fingerprint density at radius 2 is 1.64 bits per heavy atom. The van der Waals surface area contributed by atoms with Crippen LogP contribution in [0.15, 0.2) is 30.3 Å². The molecule has 0 spiro atoms. The molecule has 5 nitrogen and oxygen atoms in total. The summed E-state index contributed by atoms with van der Waals surface area (Å²) in [7, 11) is 0. The zero-order valence-corrected chi connectivity index (χ0v) is 20.0. The summed E-state index contributed by atoms with van der Waals surface area (Å²) in [5, 5.41) is 3.34. The first kappa shape index (κ1) is 21.6. The fraction of sp³-hybridized carbons (Fsp3) is 0.714. The van der Waals surface area contributed by atoms with E-state index in [9.17, 15) is 9.59 Å². The van der Waals surface area contributed by atoms with Crippen molar-refractivity contribution in [3.8, 4) is 0 Å². The quantitative estimate of drug-likeness (QED) is 0.735. The molecule has 5 heteroatoms. The highest BCUT2D eigenvalue weighted by atomic mass is 16.2. The van der Waals surface area contributed by atoms with Gasteiger partial charge in [0.15, 0.2) is 0 Å². The van der Waals surface area contributed by atoms with Gasteiger partial charge in [-0.15, -0.1) is 0 Å². The molecule has 3 unspecified atom stereocenters. The lowest BCUT2D eigenvalue weighted by Gasteiger charge is -2.56. The smallest absolute Gasteiger partial charge is 0.243 e. The topological polar surface area (TPSA) is 52.7 Å². The number of nitrogens with one attached hydrogen (secondary N) is 1. The number of carbonyl (C=O) groups excluding carboxylic acids is 2. The Morgan fingerprint density at radius 1 is 0.970 bits per heavy atom. The van der Waals surface area contributed by atoms with Crippen molar-refractivity contribution in [3.05, 3.63) is 35.9 Å². The molecule has 7 rings (SSSR count). The Labute approximate surface area is 198 Å². The Morgan fingerprint density at radius 3 is 2.30 bits per heavy atom. The Balaban J connectivity index is 1.09. The van der Waals surface area contributed by atoms with Crippen LogP contribution in [0.25, 0.3) is 0 Å². The summed E-state index contributed by atoms with van der Waals surface area (Å²) in [6.45, 7) is 4.90. The van der Waals surface area contributed by atoms with Gasteiger partial charge in [0.25, 0.3) is 0 Å². The average molecular weight is 450 g/mol. The molecule has 2 amide bonds. The third-order valence-corrected chi connectivity index (χ3v) is 9.70. The molecule has 2 heterocycles. The molecule has 6 fully saturated rings. The standard InChI is InChI=1S/C28H39N3O2/c1-19(23-6-3-2-4-7-23)30-11-9-24(18-30)29-26(32)25-8-5-10-31(25)27(33)28-15-20-12-21(16-28)14-22(13-20)17-28/h2-4,6-7,19-22,24-25H,5,8-18H2,1H3,(H,29,32). The van der Waals surface area contributed by atoms with Gasteiger partial charge in [0, 0.05) is 31.7 Å². The van der Waals surface area contributed by atoms with E-state index in [0.717, 1.165) is 75.9 Å². The molecule has 1 aromatic rings. The van der Waals surface area contributed by atoms with Gasteiger partial charge in [-0.25, -0.2) is 0 Å². The summed E-state index contributed by atoms with van der Waals surface area (Å²) in [5.41, 5.74) is 1.18. The van der Waals surface area contributed by atoms with Crippen LogP contribution >= 0.6 is 0 Å². The van der Waals surface area contributed by atoms with Crippen molar-refractivity contribution in [1.29, 1.82) is 0 Å². The maximum Gasteiger partial charge on any atom is 0.243 e. The summed E-state index contributed by atoms with van der Waals surface area (Å²) in [4.78, 5) is 31.7. The van der Waals surface area contributed by atoms with Gasteiger partial charge in [-0.3, -0.25) is 14.5 Å². The first-order valence-electron chi connectivity index (χ1n) is 13.4. The molecule has 3 atom stereocenters. The highest BCUT2D eigenvalue weighted by molar-refractivity contribution is 5.91. The van der Waals surface area contributed by atoms with Gasteiger partial charge in [0.05, 0.1) is 5.41 Å². The van der Waals surface area contributed by atoms with E-state index in [4.69, 9.17) is 0 Å². The van der Waals surface area contributed by atoms with E-state index >= 15 is 0 Å². The van der Waals surface area contributed by atoms with E-state index in [1.807, 2.05) is 4.90 Å². The molecule has 4 saturated carbocycles. The molecular formula is C28H39N3O2. The predicted molar refractivity (Wildman–Crippen MR) is 128 cm³/mol. The fourth-order valence-corrected chi connectivity index (χ4v) is 8.46. The number of likely N-dealkylation sites (tertiary alicyclic amines) is 2. The predicted octanol–water partition coefficient (Wildman–Crippen LogP) is 4.15. The number of rotatable bonds is 5. The monoisotopic (exact) mass is 449 g/mol. The summed E-state index contributed by atoms with van der Waals surface area (Å²) in [6.07, 6.45) is 10.0. The molecular weight excluding hydrogens is 410 g/mol. The zero-order chi connectivity index (χ0) is 22.6. The van der Waals surface area contributed by atoms with E-state index in [0.29, 0.717) is 11.9 Å². The highest BCUT2D eigenvalue weighted by Gasteiger charge is 2.56. The maximum atomic E-state index is 13.9. The van der Waals surface area contributed by atoms with Gasteiger partial charge < -0.3 is 10.2 Å². The van der Waals surface area contributed by atoms with Gasteiger partial charge in [-0.05, 0) is 88.0 Å². The Kier molecular flexibility index (Phi) is 5.51. The SMILES string of the molecule is CC(c1ccccc1)N1CCC(NC(=O)C2CCCN2C(=O)C23CC4CC(CC(C4)C2)C3)C1. The lowest BCUT2D eigenvalue weighted by Crippen LogP contribution is -2.57. The van der Waals surface area contributed by atoms with Crippen molar-refractivity contribution in [1.82, 2.24) is 15.1 Å². The molecule has 0 radical (unpaired) electrons.